The van der Waals surface area contributed by atoms with Crippen molar-refractivity contribution in [3.63, 3.8) is 0 Å². The third-order valence-electron chi connectivity index (χ3n) is 2.80. The Hall–Kier alpha value is -0.0100. The summed E-state index contributed by atoms with van der Waals surface area (Å²) in [6.45, 7) is 4.41. The van der Waals surface area contributed by atoms with E-state index in [9.17, 15) is 0 Å². The van der Waals surface area contributed by atoms with Crippen molar-refractivity contribution in [1.82, 2.24) is 0 Å². The number of fused-ring (bicyclic) bond motifs is 1. The average Bonchev–Trinajstić information content (AvgIpc) is 2.32. The second kappa shape index (κ2) is 3.29. The summed E-state index contributed by atoms with van der Waals surface area (Å²) in [5.41, 5.74) is 4.20. The second-order valence-corrected chi connectivity index (χ2v) is 5.30. The molecule has 0 radical (unpaired) electrons. The van der Waals surface area contributed by atoms with Gasteiger partial charge in [0, 0.05) is 9.85 Å². The standard InChI is InChI=1S/C11H12BrCl/c1-6-3-8(13)5-10-9(6)4-7(2)11(10)12/h3,5,7,11H,4H2,1-2H3. The molecule has 0 spiro atoms. The fraction of sp³-hybridized carbons (Fsp3) is 0.455. The van der Waals surface area contributed by atoms with E-state index in [2.05, 4.69) is 41.9 Å². The van der Waals surface area contributed by atoms with Gasteiger partial charge in [0.05, 0.1) is 0 Å². The summed E-state index contributed by atoms with van der Waals surface area (Å²) in [7, 11) is 0. The van der Waals surface area contributed by atoms with Gasteiger partial charge in [0.1, 0.15) is 0 Å². The van der Waals surface area contributed by atoms with Gasteiger partial charge >= 0.3 is 0 Å². The van der Waals surface area contributed by atoms with Gasteiger partial charge in [-0.25, -0.2) is 0 Å². The van der Waals surface area contributed by atoms with Crippen LogP contribution in [0.2, 0.25) is 5.02 Å². The molecule has 0 heterocycles. The lowest BCUT2D eigenvalue weighted by Gasteiger charge is -2.07. The maximum absolute atomic E-state index is 6.02. The zero-order valence-electron chi connectivity index (χ0n) is 7.77. The molecule has 0 amide bonds. The van der Waals surface area contributed by atoms with Gasteiger partial charge in [-0.2, -0.15) is 0 Å². The molecule has 0 saturated heterocycles. The zero-order chi connectivity index (χ0) is 9.59. The number of hydrogen-bond donors (Lipinski definition) is 0. The fourth-order valence-corrected chi connectivity index (χ4v) is 2.93. The van der Waals surface area contributed by atoms with Crippen molar-refractivity contribution in [2.24, 2.45) is 5.92 Å². The maximum Gasteiger partial charge on any atom is 0.0427 e. The lowest BCUT2D eigenvalue weighted by Crippen LogP contribution is -1.93. The number of aryl methyl sites for hydroxylation is 1. The number of hydrogen-bond acceptors (Lipinski definition) is 0. The minimum absolute atomic E-state index is 0.486. The summed E-state index contributed by atoms with van der Waals surface area (Å²) in [6, 6.07) is 4.14. The Bertz CT molecular complexity index is 346. The summed E-state index contributed by atoms with van der Waals surface area (Å²) >= 11 is 9.73. The molecule has 2 unspecified atom stereocenters. The summed E-state index contributed by atoms with van der Waals surface area (Å²) in [6.07, 6.45) is 1.17. The number of benzene rings is 1. The van der Waals surface area contributed by atoms with Crippen LogP contribution >= 0.6 is 27.5 Å². The van der Waals surface area contributed by atoms with Crippen LogP contribution in [0.5, 0.6) is 0 Å². The fourth-order valence-electron chi connectivity index (χ4n) is 2.06. The number of halogens is 2. The highest BCUT2D eigenvalue weighted by Crippen LogP contribution is 2.44. The van der Waals surface area contributed by atoms with Crippen molar-refractivity contribution in [1.29, 1.82) is 0 Å². The first kappa shape index (κ1) is 9.54. The van der Waals surface area contributed by atoms with Gasteiger partial charge in [-0.05, 0) is 48.1 Å². The minimum Gasteiger partial charge on any atom is -0.0843 e. The Balaban J connectivity index is 2.57. The molecule has 2 rings (SSSR count). The first-order valence-corrected chi connectivity index (χ1v) is 5.82. The van der Waals surface area contributed by atoms with Gasteiger partial charge in [-0.1, -0.05) is 34.5 Å². The molecule has 1 aliphatic rings. The lowest BCUT2D eigenvalue weighted by atomic mass is 10.0. The maximum atomic E-state index is 6.02. The molecule has 2 atom stereocenters. The molecule has 2 heteroatoms. The Labute approximate surface area is 92.4 Å². The third-order valence-corrected chi connectivity index (χ3v) is 4.41. The van der Waals surface area contributed by atoms with Crippen molar-refractivity contribution in [2.45, 2.75) is 25.1 Å². The minimum atomic E-state index is 0.486. The second-order valence-electron chi connectivity index (χ2n) is 3.87. The van der Waals surface area contributed by atoms with Crippen LogP contribution in [0.1, 0.15) is 28.4 Å². The van der Waals surface area contributed by atoms with Crippen LogP contribution < -0.4 is 0 Å². The van der Waals surface area contributed by atoms with E-state index < -0.39 is 0 Å². The van der Waals surface area contributed by atoms with Crippen LogP contribution in [0.4, 0.5) is 0 Å². The van der Waals surface area contributed by atoms with E-state index >= 15 is 0 Å². The van der Waals surface area contributed by atoms with E-state index in [1.807, 2.05) is 0 Å². The Morgan fingerprint density at radius 2 is 2.15 bits per heavy atom. The first-order chi connectivity index (χ1) is 6.09. The van der Waals surface area contributed by atoms with E-state index in [-0.39, 0.29) is 0 Å². The first-order valence-electron chi connectivity index (χ1n) is 4.52. The van der Waals surface area contributed by atoms with E-state index in [1.54, 1.807) is 0 Å². The van der Waals surface area contributed by atoms with Gasteiger partial charge in [-0.3, -0.25) is 0 Å². The van der Waals surface area contributed by atoms with Crippen LogP contribution in [0.3, 0.4) is 0 Å². The Morgan fingerprint density at radius 3 is 2.85 bits per heavy atom. The quantitative estimate of drug-likeness (QED) is 0.610. The van der Waals surface area contributed by atoms with Crippen molar-refractivity contribution >= 4 is 27.5 Å². The van der Waals surface area contributed by atoms with Crippen LogP contribution in [0.15, 0.2) is 12.1 Å². The van der Waals surface area contributed by atoms with Crippen molar-refractivity contribution in [3.8, 4) is 0 Å². The van der Waals surface area contributed by atoms with Gasteiger partial charge < -0.3 is 0 Å². The molecule has 13 heavy (non-hydrogen) atoms. The molecule has 1 aromatic rings. The normalized spacial score (nSPS) is 26.2. The molecule has 1 aromatic carbocycles. The smallest absolute Gasteiger partial charge is 0.0427 e. The highest BCUT2D eigenvalue weighted by atomic mass is 79.9. The highest BCUT2D eigenvalue weighted by molar-refractivity contribution is 9.09. The van der Waals surface area contributed by atoms with Crippen LogP contribution in [-0.4, -0.2) is 0 Å². The summed E-state index contributed by atoms with van der Waals surface area (Å²) < 4.78 is 0. The molecule has 70 valence electrons. The molecule has 1 aliphatic carbocycles. The Kier molecular flexibility index (Phi) is 2.41. The zero-order valence-corrected chi connectivity index (χ0v) is 10.1. The van der Waals surface area contributed by atoms with E-state index in [0.29, 0.717) is 10.7 Å². The molecule has 0 bridgehead atoms. The van der Waals surface area contributed by atoms with Crippen molar-refractivity contribution in [3.05, 3.63) is 33.8 Å². The molecule has 0 aromatic heterocycles. The highest BCUT2D eigenvalue weighted by Gasteiger charge is 2.28. The van der Waals surface area contributed by atoms with Crippen LogP contribution in [-0.2, 0) is 6.42 Å². The van der Waals surface area contributed by atoms with E-state index in [0.717, 1.165) is 5.02 Å². The summed E-state index contributed by atoms with van der Waals surface area (Å²) in [5, 5.41) is 0.856. The van der Waals surface area contributed by atoms with Crippen LogP contribution in [0, 0.1) is 12.8 Å². The van der Waals surface area contributed by atoms with Gasteiger partial charge in [0.15, 0.2) is 0 Å². The molecule has 0 nitrogen and oxygen atoms in total. The summed E-state index contributed by atoms with van der Waals surface area (Å²) in [4.78, 5) is 0.486. The molecule has 0 N–H and O–H groups in total. The number of rotatable bonds is 0. The molecule has 0 saturated carbocycles. The topological polar surface area (TPSA) is 0 Å². The van der Waals surface area contributed by atoms with Gasteiger partial charge in [0.2, 0.25) is 0 Å². The summed E-state index contributed by atoms with van der Waals surface area (Å²) in [5.74, 6) is 0.687. The molecular formula is C11H12BrCl. The van der Waals surface area contributed by atoms with Crippen LogP contribution in [0.25, 0.3) is 0 Å². The molecule has 0 fully saturated rings. The van der Waals surface area contributed by atoms with E-state index in [1.165, 1.54) is 23.1 Å². The predicted octanol–water partition coefficient (Wildman–Crippen LogP) is 4.28. The third kappa shape index (κ3) is 1.53. The molecule has 0 aliphatic heterocycles. The monoisotopic (exact) mass is 258 g/mol. The number of alkyl halides is 1. The average molecular weight is 260 g/mol. The van der Waals surface area contributed by atoms with Crippen molar-refractivity contribution < 1.29 is 0 Å². The predicted molar refractivity (Wildman–Crippen MR) is 60.7 cm³/mol. The lowest BCUT2D eigenvalue weighted by molar-refractivity contribution is 0.622. The van der Waals surface area contributed by atoms with Gasteiger partial charge in [-0.15, -0.1) is 0 Å². The molecular weight excluding hydrogens is 247 g/mol. The van der Waals surface area contributed by atoms with Gasteiger partial charge in [0.25, 0.3) is 0 Å². The Morgan fingerprint density at radius 1 is 1.46 bits per heavy atom. The largest absolute Gasteiger partial charge is 0.0843 e. The van der Waals surface area contributed by atoms with E-state index in [4.69, 9.17) is 11.6 Å². The van der Waals surface area contributed by atoms with Crippen molar-refractivity contribution in [2.75, 3.05) is 0 Å². The SMILES string of the molecule is Cc1cc(Cl)cc2c1CC(C)C2Br.